The maximum Gasteiger partial charge on any atom is 0.227 e. The molecule has 2 fully saturated rings. The molecule has 1 aromatic rings. The van der Waals surface area contributed by atoms with Crippen LogP contribution in [0.25, 0.3) is 0 Å². The minimum absolute atomic E-state index is 0.0144. The van der Waals surface area contributed by atoms with Gasteiger partial charge < -0.3 is 15.0 Å². The van der Waals surface area contributed by atoms with E-state index in [0.717, 1.165) is 36.9 Å². The normalized spacial score (nSPS) is 19.7. The van der Waals surface area contributed by atoms with Crippen LogP contribution in [0.4, 0.5) is 5.69 Å². The lowest BCUT2D eigenvalue weighted by Crippen LogP contribution is -2.45. The molecule has 2 heterocycles. The molecule has 0 aromatic heterocycles. The van der Waals surface area contributed by atoms with Crippen molar-refractivity contribution in [3.8, 4) is 0 Å². The van der Waals surface area contributed by atoms with Crippen molar-refractivity contribution in [3.63, 3.8) is 0 Å². The highest BCUT2D eigenvalue weighted by Crippen LogP contribution is 2.24. The van der Waals surface area contributed by atoms with Gasteiger partial charge in [0, 0.05) is 43.8 Å². The van der Waals surface area contributed by atoms with E-state index in [1.54, 1.807) is 0 Å². The van der Waals surface area contributed by atoms with E-state index in [0.29, 0.717) is 26.3 Å². The number of aryl methyl sites for hydroxylation is 2. The van der Waals surface area contributed by atoms with E-state index in [-0.39, 0.29) is 23.7 Å². The second kappa shape index (κ2) is 8.00. The molecule has 2 aliphatic heterocycles. The van der Waals surface area contributed by atoms with E-state index in [2.05, 4.69) is 11.4 Å². The Morgan fingerprint density at radius 2 is 1.72 bits per heavy atom. The Morgan fingerprint density at radius 1 is 1.04 bits per heavy atom. The van der Waals surface area contributed by atoms with Gasteiger partial charge in [0.25, 0.3) is 0 Å². The summed E-state index contributed by atoms with van der Waals surface area (Å²) >= 11 is 0. The average Bonchev–Trinajstić information content (AvgIpc) is 2.64. The SMILES string of the molecule is Cc1ccc(NC(=O)C2CCN(C(=O)C3CCOCC3)CC2)c(C)c1. The van der Waals surface area contributed by atoms with Gasteiger partial charge in [-0.3, -0.25) is 9.59 Å². The number of nitrogens with one attached hydrogen (secondary N) is 1. The summed E-state index contributed by atoms with van der Waals surface area (Å²) in [4.78, 5) is 27.1. The quantitative estimate of drug-likeness (QED) is 0.917. The molecule has 0 aliphatic carbocycles. The zero-order valence-corrected chi connectivity index (χ0v) is 15.2. The summed E-state index contributed by atoms with van der Waals surface area (Å²) in [5, 5.41) is 3.06. The van der Waals surface area contributed by atoms with Crippen molar-refractivity contribution < 1.29 is 14.3 Å². The Morgan fingerprint density at radius 3 is 2.36 bits per heavy atom. The van der Waals surface area contributed by atoms with Crippen molar-refractivity contribution in [3.05, 3.63) is 29.3 Å². The molecule has 0 radical (unpaired) electrons. The van der Waals surface area contributed by atoms with E-state index in [1.807, 2.05) is 30.9 Å². The standard InChI is InChI=1S/C20H28N2O3/c1-14-3-4-18(15(2)13-14)21-19(23)16-5-9-22(10-6-16)20(24)17-7-11-25-12-8-17/h3-4,13,16-17H,5-12H2,1-2H3,(H,21,23). The van der Waals surface area contributed by atoms with E-state index >= 15 is 0 Å². The van der Waals surface area contributed by atoms with Crippen LogP contribution in [0.3, 0.4) is 0 Å². The zero-order chi connectivity index (χ0) is 17.8. The minimum atomic E-state index is -0.0144. The van der Waals surface area contributed by atoms with Gasteiger partial charge in [0.1, 0.15) is 0 Å². The summed E-state index contributed by atoms with van der Waals surface area (Å²) in [6.07, 6.45) is 3.13. The third kappa shape index (κ3) is 4.40. The van der Waals surface area contributed by atoms with E-state index < -0.39 is 0 Å². The van der Waals surface area contributed by atoms with Crippen LogP contribution >= 0.6 is 0 Å². The molecule has 2 aliphatic rings. The molecule has 0 unspecified atom stereocenters. The van der Waals surface area contributed by atoms with Crippen LogP contribution in [0.2, 0.25) is 0 Å². The lowest BCUT2D eigenvalue weighted by molar-refractivity contribution is -0.141. The van der Waals surface area contributed by atoms with Gasteiger partial charge in [-0.05, 0) is 51.2 Å². The van der Waals surface area contributed by atoms with E-state index in [1.165, 1.54) is 5.56 Å². The molecule has 0 bridgehead atoms. The summed E-state index contributed by atoms with van der Waals surface area (Å²) in [5.74, 6) is 0.412. The maximum absolute atomic E-state index is 12.6. The Labute approximate surface area is 149 Å². The Hall–Kier alpha value is -1.88. The molecule has 136 valence electrons. The van der Waals surface area contributed by atoms with Gasteiger partial charge in [-0.15, -0.1) is 0 Å². The van der Waals surface area contributed by atoms with Gasteiger partial charge in [-0.2, -0.15) is 0 Å². The van der Waals surface area contributed by atoms with Crippen molar-refractivity contribution in [1.82, 2.24) is 4.90 Å². The fraction of sp³-hybridized carbons (Fsp3) is 0.600. The third-order valence-electron chi connectivity index (χ3n) is 5.39. The van der Waals surface area contributed by atoms with Crippen LogP contribution in [-0.4, -0.2) is 43.0 Å². The summed E-state index contributed by atoms with van der Waals surface area (Å²) in [6, 6.07) is 6.05. The lowest BCUT2D eigenvalue weighted by atomic mass is 9.93. The fourth-order valence-electron chi connectivity index (χ4n) is 3.75. The molecule has 1 aromatic carbocycles. The van der Waals surface area contributed by atoms with E-state index in [9.17, 15) is 9.59 Å². The number of ether oxygens (including phenoxy) is 1. The van der Waals surface area contributed by atoms with Crippen molar-refractivity contribution in [2.45, 2.75) is 39.5 Å². The Kier molecular flexibility index (Phi) is 5.74. The van der Waals surface area contributed by atoms with Gasteiger partial charge in [0.2, 0.25) is 11.8 Å². The molecule has 0 spiro atoms. The van der Waals surface area contributed by atoms with Gasteiger partial charge in [0.15, 0.2) is 0 Å². The lowest BCUT2D eigenvalue weighted by Gasteiger charge is -2.34. The maximum atomic E-state index is 12.6. The predicted molar refractivity (Wildman–Crippen MR) is 97.4 cm³/mol. The van der Waals surface area contributed by atoms with Crippen LogP contribution in [0.1, 0.15) is 36.8 Å². The van der Waals surface area contributed by atoms with E-state index in [4.69, 9.17) is 4.74 Å². The molecular weight excluding hydrogens is 316 g/mol. The number of likely N-dealkylation sites (tertiary alicyclic amines) is 1. The molecule has 2 saturated heterocycles. The number of carbonyl (C=O) groups excluding carboxylic acids is 2. The summed E-state index contributed by atoms with van der Waals surface area (Å²) < 4.78 is 5.34. The number of piperidine rings is 1. The molecule has 5 heteroatoms. The Balaban J connectivity index is 1.51. The first-order valence-corrected chi connectivity index (χ1v) is 9.29. The topological polar surface area (TPSA) is 58.6 Å². The minimum Gasteiger partial charge on any atom is -0.381 e. The van der Waals surface area contributed by atoms with Crippen molar-refractivity contribution >= 4 is 17.5 Å². The number of nitrogens with zero attached hydrogens (tertiary/aromatic N) is 1. The summed E-state index contributed by atoms with van der Waals surface area (Å²) in [6.45, 7) is 6.79. The third-order valence-corrected chi connectivity index (χ3v) is 5.39. The molecule has 0 saturated carbocycles. The predicted octanol–water partition coefficient (Wildman–Crippen LogP) is 2.91. The molecule has 5 nitrogen and oxygen atoms in total. The molecule has 0 atom stereocenters. The van der Waals surface area contributed by atoms with Crippen LogP contribution in [0.5, 0.6) is 0 Å². The van der Waals surface area contributed by atoms with Crippen LogP contribution in [0, 0.1) is 25.7 Å². The highest BCUT2D eigenvalue weighted by atomic mass is 16.5. The molecule has 1 N–H and O–H groups in total. The van der Waals surface area contributed by atoms with Crippen molar-refractivity contribution in [2.75, 3.05) is 31.6 Å². The molecule has 2 amide bonds. The van der Waals surface area contributed by atoms with Crippen molar-refractivity contribution in [2.24, 2.45) is 11.8 Å². The first kappa shape index (κ1) is 17.9. The van der Waals surface area contributed by atoms with Crippen LogP contribution in [0.15, 0.2) is 18.2 Å². The smallest absolute Gasteiger partial charge is 0.227 e. The number of rotatable bonds is 3. The van der Waals surface area contributed by atoms with Gasteiger partial charge in [-0.1, -0.05) is 17.7 Å². The molecular formula is C20H28N2O3. The number of benzene rings is 1. The number of hydrogen-bond donors (Lipinski definition) is 1. The Bertz CT molecular complexity index is 630. The summed E-state index contributed by atoms with van der Waals surface area (Å²) in [7, 11) is 0. The monoisotopic (exact) mass is 344 g/mol. The average molecular weight is 344 g/mol. The fourth-order valence-corrected chi connectivity index (χ4v) is 3.75. The van der Waals surface area contributed by atoms with Crippen LogP contribution in [-0.2, 0) is 14.3 Å². The van der Waals surface area contributed by atoms with Crippen LogP contribution < -0.4 is 5.32 Å². The second-order valence-corrected chi connectivity index (χ2v) is 7.29. The largest absolute Gasteiger partial charge is 0.381 e. The van der Waals surface area contributed by atoms with Gasteiger partial charge >= 0.3 is 0 Å². The number of carbonyl (C=O) groups is 2. The second-order valence-electron chi connectivity index (χ2n) is 7.29. The highest BCUT2D eigenvalue weighted by molar-refractivity contribution is 5.93. The number of anilines is 1. The summed E-state index contributed by atoms with van der Waals surface area (Å²) in [5.41, 5.74) is 3.16. The van der Waals surface area contributed by atoms with Gasteiger partial charge in [0.05, 0.1) is 0 Å². The first-order valence-electron chi connectivity index (χ1n) is 9.29. The van der Waals surface area contributed by atoms with Crippen molar-refractivity contribution in [1.29, 1.82) is 0 Å². The number of hydrogen-bond acceptors (Lipinski definition) is 3. The highest BCUT2D eigenvalue weighted by Gasteiger charge is 2.31. The first-order chi connectivity index (χ1) is 12.0. The molecule has 3 rings (SSSR count). The number of amides is 2. The zero-order valence-electron chi connectivity index (χ0n) is 15.2. The van der Waals surface area contributed by atoms with Gasteiger partial charge in [-0.25, -0.2) is 0 Å². The molecule has 25 heavy (non-hydrogen) atoms.